The number of rotatable bonds is 6. The van der Waals surface area contributed by atoms with Gasteiger partial charge in [-0.05, 0) is 6.92 Å². The van der Waals surface area contributed by atoms with E-state index in [4.69, 9.17) is 9.57 Å². The molecule has 0 spiro atoms. The first-order chi connectivity index (χ1) is 5.22. The van der Waals surface area contributed by atoms with Crippen LogP contribution < -0.4 is 5.48 Å². The van der Waals surface area contributed by atoms with Crippen molar-refractivity contribution in [3.63, 3.8) is 0 Å². The molecular formula is C8H19NO2. The molecule has 0 heterocycles. The summed E-state index contributed by atoms with van der Waals surface area (Å²) in [6, 6.07) is 0. The molecule has 0 radical (unpaired) electrons. The third-order valence-corrected chi connectivity index (χ3v) is 1.64. The van der Waals surface area contributed by atoms with Crippen molar-refractivity contribution in [2.75, 3.05) is 20.3 Å². The first-order valence-corrected chi connectivity index (χ1v) is 4.09. The maximum absolute atomic E-state index is 5.28. The lowest BCUT2D eigenvalue weighted by Crippen LogP contribution is -2.28. The summed E-state index contributed by atoms with van der Waals surface area (Å²) in [6.07, 6.45) is 0.204. The Balaban J connectivity index is 3.38. The largest absolute Gasteiger partial charge is 0.384 e. The SMILES string of the molecule is CCNOC(C)C(C)COC. The van der Waals surface area contributed by atoms with Gasteiger partial charge in [0, 0.05) is 19.6 Å². The standard InChI is InChI=1S/C8H19NO2/c1-5-9-11-8(3)7(2)6-10-4/h7-9H,5-6H2,1-4H3. The van der Waals surface area contributed by atoms with Crippen molar-refractivity contribution < 1.29 is 9.57 Å². The van der Waals surface area contributed by atoms with Crippen LogP contribution in [-0.2, 0) is 9.57 Å². The summed E-state index contributed by atoms with van der Waals surface area (Å²) < 4.78 is 5.00. The van der Waals surface area contributed by atoms with Crippen molar-refractivity contribution in [3.05, 3.63) is 0 Å². The number of methoxy groups -OCH3 is 1. The highest BCUT2D eigenvalue weighted by Crippen LogP contribution is 2.04. The second-order valence-electron chi connectivity index (χ2n) is 2.75. The average molecular weight is 161 g/mol. The van der Waals surface area contributed by atoms with Crippen LogP contribution in [-0.4, -0.2) is 26.4 Å². The monoisotopic (exact) mass is 161 g/mol. The highest BCUT2D eigenvalue weighted by Gasteiger charge is 2.11. The van der Waals surface area contributed by atoms with Crippen molar-refractivity contribution in [2.24, 2.45) is 5.92 Å². The fourth-order valence-electron chi connectivity index (χ4n) is 0.729. The molecule has 0 saturated carbocycles. The van der Waals surface area contributed by atoms with Gasteiger partial charge in [0.05, 0.1) is 12.7 Å². The Kier molecular flexibility index (Phi) is 6.51. The van der Waals surface area contributed by atoms with Gasteiger partial charge in [-0.3, -0.25) is 4.84 Å². The summed E-state index contributed by atoms with van der Waals surface area (Å²) in [6.45, 7) is 7.72. The van der Waals surface area contributed by atoms with Crippen LogP contribution in [0.15, 0.2) is 0 Å². The van der Waals surface area contributed by atoms with Crippen LogP contribution in [0.5, 0.6) is 0 Å². The van der Waals surface area contributed by atoms with Gasteiger partial charge in [-0.1, -0.05) is 13.8 Å². The topological polar surface area (TPSA) is 30.5 Å². The van der Waals surface area contributed by atoms with Gasteiger partial charge >= 0.3 is 0 Å². The molecule has 3 heteroatoms. The molecule has 0 aromatic heterocycles. The molecule has 3 nitrogen and oxygen atoms in total. The zero-order valence-electron chi connectivity index (χ0n) is 7.89. The van der Waals surface area contributed by atoms with E-state index < -0.39 is 0 Å². The predicted molar refractivity (Wildman–Crippen MR) is 45.3 cm³/mol. The van der Waals surface area contributed by atoms with Crippen LogP contribution in [0, 0.1) is 5.92 Å². The van der Waals surface area contributed by atoms with Gasteiger partial charge in [0.15, 0.2) is 0 Å². The first-order valence-electron chi connectivity index (χ1n) is 4.09. The lowest BCUT2D eigenvalue weighted by Gasteiger charge is -2.18. The molecule has 0 aromatic carbocycles. The van der Waals surface area contributed by atoms with Gasteiger partial charge in [-0.2, -0.15) is 0 Å². The van der Waals surface area contributed by atoms with Crippen molar-refractivity contribution in [3.8, 4) is 0 Å². The van der Waals surface area contributed by atoms with Crippen molar-refractivity contribution >= 4 is 0 Å². The van der Waals surface area contributed by atoms with Gasteiger partial charge in [0.2, 0.25) is 0 Å². The van der Waals surface area contributed by atoms with Crippen molar-refractivity contribution in [1.82, 2.24) is 5.48 Å². The number of hydrogen-bond acceptors (Lipinski definition) is 3. The summed E-state index contributed by atoms with van der Waals surface area (Å²) in [5.74, 6) is 0.430. The van der Waals surface area contributed by atoms with Gasteiger partial charge in [-0.15, -0.1) is 0 Å². The lowest BCUT2D eigenvalue weighted by atomic mass is 10.1. The molecule has 0 amide bonds. The van der Waals surface area contributed by atoms with Gasteiger partial charge in [-0.25, -0.2) is 5.48 Å². The Morgan fingerprint density at radius 2 is 2.00 bits per heavy atom. The highest BCUT2D eigenvalue weighted by atomic mass is 16.7. The van der Waals surface area contributed by atoms with Crippen LogP contribution in [0.2, 0.25) is 0 Å². The normalized spacial score (nSPS) is 16.4. The molecule has 68 valence electrons. The van der Waals surface area contributed by atoms with E-state index in [9.17, 15) is 0 Å². The van der Waals surface area contributed by atoms with E-state index in [1.807, 2.05) is 13.8 Å². The molecule has 0 saturated heterocycles. The second-order valence-corrected chi connectivity index (χ2v) is 2.75. The molecule has 2 unspecified atom stereocenters. The van der Waals surface area contributed by atoms with E-state index >= 15 is 0 Å². The van der Waals surface area contributed by atoms with E-state index in [-0.39, 0.29) is 6.10 Å². The average Bonchev–Trinajstić information content (AvgIpc) is 2.00. The minimum atomic E-state index is 0.204. The van der Waals surface area contributed by atoms with Crippen LogP contribution >= 0.6 is 0 Å². The summed E-state index contributed by atoms with van der Waals surface area (Å²) in [7, 11) is 1.70. The van der Waals surface area contributed by atoms with Crippen molar-refractivity contribution in [1.29, 1.82) is 0 Å². The third-order valence-electron chi connectivity index (χ3n) is 1.64. The zero-order chi connectivity index (χ0) is 8.69. The maximum atomic E-state index is 5.28. The minimum Gasteiger partial charge on any atom is -0.384 e. The van der Waals surface area contributed by atoms with Crippen LogP contribution in [0.4, 0.5) is 0 Å². The zero-order valence-corrected chi connectivity index (χ0v) is 7.89. The molecular weight excluding hydrogens is 142 g/mol. The quantitative estimate of drug-likeness (QED) is 0.594. The number of nitrogens with one attached hydrogen (secondary N) is 1. The Morgan fingerprint density at radius 1 is 1.36 bits per heavy atom. The summed E-state index contributed by atoms with van der Waals surface area (Å²) in [5.41, 5.74) is 2.83. The minimum absolute atomic E-state index is 0.204. The van der Waals surface area contributed by atoms with Gasteiger partial charge < -0.3 is 4.74 Å². The fraction of sp³-hybridized carbons (Fsp3) is 1.00. The molecule has 0 aliphatic rings. The third kappa shape index (κ3) is 5.18. The molecule has 11 heavy (non-hydrogen) atoms. The molecule has 0 rings (SSSR count). The Morgan fingerprint density at radius 3 is 2.45 bits per heavy atom. The Labute approximate surface area is 69.0 Å². The summed E-state index contributed by atoms with van der Waals surface area (Å²) in [4.78, 5) is 5.28. The highest BCUT2D eigenvalue weighted by molar-refractivity contribution is 4.58. The Hall–Kier alpha value is -0.120. The summed E-state index contributed by atoms with van der Waals surface area (Å²) >= 11 is 0. The smallest absolute Gasteiger partial charge is 0.0809 e. The van der Waals surface area contributed by atoms with E-state index in [2.05, 4.69) is 12.4 Å². The number of hydroxylamine groups is 1. The number of ether oxygens (including phenoxy) is 1. The molecule has 0 aromatic rings. The molecule has 2 atom stereocenters. The van der Waals surface area contributed by atoms with E-state index in [1.165, 1.54) is 0 Å². The van der Waals surface area contributed by atoms with E-state index in [0.717, 1.165) is 13.2 Å². The lowest BCUT2D eigenvalue weighted by molar-refractivity contribution is -0.0534. The van der Waals surface area contributed by atoms with Crippen LogP contribution in [0.3, 0.4) is 0 Å². The van der Waals surface area contributed by atoms with Crippen molar-refractivity contribution in [2.45, 2.75) is 26.9 Å². The molecule has 0 bridgehead atoms. The fourth-order valence-corrected chi connectivity index (χ4v) is 0.729. The Bertz CT molecular complexity index is 88.2. The molecule has 0 aliphatic carbocycles. The first kappa shape index (κ1) is 10.9. The van der Waals surface area contributed by atoms with Gasteiger partial charge in [0.25, 0.3) is 0 Å². The van der Waals surface area contributed by atoms with Crippen LogP contribution in [0.1, 0.15) is 20.8 Å². The molecule has 1 N–H and O–H groups in total. The van der Waals surface area contributed by atoms with E-state index in [0.29, 0.717) is 5.92 Å². The van der Waals surface area contributed by atoms with Crippen LogP contribution in [0.25, 0.3) is 0 Å². The summed E-state index contributed by atoms with van der Waals surface area (Å²) in [5, 5.41) is 0. The maximum Gasteiger partial charge on any atom is 0.0809 e. The molecule has 0 fully saturated rings. The molecule has 0 aliphatic heterocycles. The number of hydrogen-bond donors (Lipinski definition) is 1. The predicted octanol–water partition coefficient (Wildman–Crippen LogP) is 1.20. The van der Waals surface area contributed by atoms with Gasteiger partial charge in [0.1, 0.15) is 0 Å². The van der Waals surface area contributed by atoms with E-state index in [1.54, 1.807) is 7.11 Å². The second kappa shape index (κ2) is 6.58.